The SMILES string of the molecule is CC(N)N(c1ccccc1-c1ccc(/N=N/c2ccc(N(C)C)cc2)cc1)C(C)N. The summed E-state index contributed by atoms with van der Waals surface area (Å²) in [6, 6.07) is 24.1. The topological polar surface area (TPSA) is 83.2 Å². The molecule has 6 nitrogen and oxygen atoms in total. The van der Waals surface area contributed by atoms with Crippen LogP contribution in [0.5, 0.6) is 0 Å². The molecule has 0 aromatic heterocycles. The lowest BCUT2D eigenvalue weighted by Crippen LogP contribution is -2.49. The molecular weight excluding hydrogens is 372 g/mol. The van der Waals surface area contributed by atoms with Gasteiger partial charge in [-0.2, -0.15) is 10.2 Å². The van der Waals surface area contributed by atoms with E-state index in [9.17, 15) is 0 Å². The van der Waals surface area contributed by atoms with E-state index in [-0.39, 0.29) is 12.3 Å². The van der Waals surface area contributed by atoms with E-state index in [2.05, 4.69) is 21.2 Å². The lowest BCUT2D eigenvalue weighted by atomic mass is 10.0. The Bertz CT molecular complexity index is 967. The third-order valence-electron chi connectivity index (χ3n) is 4.89. The van der Waals surface area contributed by atoms with Crippen molar-refractivity contribution in [2.24, 2.45) is 21.7 Å². The highest BCUT2D eigenvalue weighted by atomic mass is 15.3. The van der Waals surface area contributed by atoms with Crippen molar-refractivity contribution >= 4 is 22.7 Å². The van der Waals surface area contributed by atoms with Crippen molar-refractivity contribution in [2.45, 2.75) is 26.2 Å². The molecule has 0 aliphatic heterocycles. The van der Waals surface area contributed by atoms with E-state index in [1.807, 2.05) is 99.6 Å². The van der Waals surface area contributed by atoms with Crippen LogP contribution in [0.3, 0.4) is 0 Å². The summed E-state index contributed by atoms with van der Waals surface area (Å²) >= 11 is 0. The highest BCUT2D eigenvalue weighted by Gasteiger charge is 2.18. The minimum atomic E-state index is -0.196. The van der Waals surface area contributed by atoms with Crippen molar-refractivity contribution in [3.05, 3.63) is 72.8 Å². The van der Waals surface area contributed by atoms with Crippen LogP contribution in [-0.2, 0) is 0 Å². The fraction of sp³-hybridized carbons (Fsp3) is 0.250. The molecule has 0 saturated carbocycles. The predicted octanol–water partition coefficient (Wildman–Crippen LogP) is 5.25. The van der Waals surface area contributed by atoms with Crippen LogP contribution in [0.15, 0.2) is 83.0 Å². The van der Waals surface area contributed by atoms with Gasteiger partial charge in [-0.05, 0) is 61.9 Å². The lowest BCUT2D eigenvalue weighted by Gasteiger charge is -2.34. The zero-order chi connectivity index (χ0) is 21.7. The molecule has 2 unspecified atom stereocenters. The highest BCUT2D eigenvalue weighted by molar-refractivity contribution is 5.79. The minimum absolute atomic E-state index is 0.196. The molecule has 0 aliphatic rings. The molecule has 156 valence electrons. The fourth-order valence-electron chi connectivity index (χ4n) is 3.39. The monoisotopic (exact) mass is 402 g/mol. The van der Waals surface area contributed by atoms with Gasteiger partial charge in [-0.3, -0.25) is 0 Å². The lowest BCUT2D eigenvalue weighted by molar-refractivity contribution is 0.575. The minimum Gasteiger partial charge on any atom is -0.378 e. The van der Waals surface area contributed by atoms with E-state index in [1.54, 1.807) is 0 Å². The molecule has 2 atom stereocenters. The second-order valence-corrected chi connectivity index (χ2v) is 7.56. The molecular formula is C24H30N6. The summed E-state index contributed by atoms with van der Waals surface area (Å²) < 4.78 is 0. The molecule has 0 heterocycles. The molecule has 30 heavy (non-hydrogen) atoms. The number of azo groups is 1. The zero-order valence-electron chi connectivity index (χ0n) is 18.0. The normalized spacial score (nSPS) is 13.3. The van der Waals surface area contributed by atoms with E-state index in [4.69, 9.17) is 11.5 Å². The Morgan fingerprint density at radius 3 is 1.70 bits per heavy atom. The van der Waals surface area contributed by atoms with Crippen LogP contribution in [0.1, 0.15) is 13.8 Å². The van der Waals surface area contributed by atoms with Gasteiger partial charge < -0.3 is 21.3 Å². The van der Waals surface area contributed by atoms with Crippen LogP contribution < -0.4 is 21.3 Å². The van der Waals surface area contributed by atoms with E-state index in [1.165, 1.54) is 0 Å². The Hall–Kier alpha value is -3.22. The van der Waals surface area contributed by atoms with Crippen molar-refractivity contribution in [3.8, 4) is 11.1 Å². The first-order chi connectivity index (χ1) is 14.4. The second-order valence-electron chi connectivity index (χ2n) is 7.56. The van der Waals surface area contributed by atoms with E-state index >= 15 is 0 Å². The first kappa shape index (κ1) is 21.5. The van der Waals surface area contributed by atoms with Crippen LogP contribution in [0.4, 0.5) is 22.7 Å². The summed E-state index contributed by atoms with van der Waals surface area (Å²) in [5.74, 6) is 0. The summed E-state index contributed by atoms with van der Waals surface area (Å²) in [5.41, 5.74) is 18.3. The quantitative estimate of drug-likeness (QED) is 0.417. The van der Waals surface area contributed by atoms with Crippen LogP contribution in [0.25, 0.3) is 11.1 Å². The molecule has 3 rings (SSSR count). The van der Waals surface area contributed by atoms with Gasteiger partial charge in [-0.15, -0.1) is 0 Å². The summed E-state index contributed by atoms with van der Waals surface area (Å²) in [6.45, 7) is 3.88. The summed E-state index contributed by atoms with van der Waals surface area (Å²) in [4.78, 5) is 4.07. The van der Waals surface area contributed by atoms with Crippen molar-refractivity contribution in [1.29, 1.82) is 0 Å². The maximum absolute atomic E-state index is 6.18. The molecule has 0 amide bonds. The average Bonchev–Trinajstić information content (AvgIpc) is 2.73. The number of benzene rings is 3. The molecule has 0 aliphatic carbocycles. The molecule has 3 aromatic carbocycles. The first-order valence-electron chi connectivity index (χ1n) is 10.0. The number of hydrogen-bond acceptors (Lipinski definition) is 6. The smallest absolute Gasteiger partial charge is 0.0858 e. The van der Waals surface area contributed by atoms with Crippen molar-refractivity contribution in [3.63, 3.8) is 0 Å². The van der Waals surface area contributed by atoms with Gasteiger partial charge in [-0.1, -0.05) is 30.3 Å². The molecule has 0 saturated heterocycles. The summed E-state index contributed by atoms with van der Waals surface area (Å²) in [7, 11) is 4.02. The number of nitrogens with zero attached hydrogens (tertiary/aromatic N) is 4. The van der Waals surface area contributed by atoms with Gasteiger partial charge in [0.15, 0.2) is 0 Å². The first-order valence-corrected chi connectivity index (χ1v) is 10.0. The average molecular weight is 403 g/mol. The van der Waals surface area contributed by atoms with Crippen LogP contribution >= 0.6 is 0 Å². The Kier molecular flexibility index (Phi) is 6.82. The molecule has 3 aromatic rings. The molecule has 0 radical (unpaired) electrons. The Morgan fingerprint density at radius 1 is 0.700 bits per heavy atom. The van der Waals surface area contributed by atoms with Crippen molar-refractivity contribution < 1.29 is 0 Å². The predicted molar refractivity (Wildman–Crippen MR) is 127 cm³/mol. The number of anilines is 2. The summed E-state index contributed by atoms with van der Waals surface area (Å²) in [6.07, 6.45) is -0.392. The molecule has 6 heteroatoms. The van der Waals surface area contributed by atoms with Crippen LogP contribution in [0.2, 0.25) is 0 Å². The Labute approximate surface area is 178 Å². The third-order valence-corrected chi connectivity index (χ3v) is 4.89. The largest absolute Gasteiger partial charge is 0.378 e. The fourth-order valence-corrected chi connectivity index (χ4v) is 3.39. The summed E-state index contributed by atoms with van der Waals surface area (Å²) in [5, 5.41) is 8.70. The van der Waals surface area contributed by atoms with E-state index in [0.717, 1.165) is 33.9 Å². The highest BCUT2D eigenvalue weighted by Crippen LogP contribution is 2.33. The third kappa shape index (κ3) is 5.03. The van der Waals surface area contributed by atoms with Gasteiger partial charge in [0, 0.05) is 31.0 Å². The van der Waals surface area contributed by atoms with Crippen molar-refractivity contribution in [2.75, 3.05) is 23.9 Å². The Balaban J connectivity index is 1.83. The second kappa shape index (κ2) is 9.52. The van der Waals surface area contributed by atoms with Gasteiger partial charge >= 0.3 is 0 Å². The van der Waals surface area contributed by atoms with Gasteiger partial charge in [0.2, 0.25) is 0 Å². The van der Waals surface area contributed by atoms with Crippen LogP contribution in [0, 0.1) is 0 Å². The van der Waals surface area contributed by atoms with E-state index in [0.29, 0.717) is 0 Å². The number of para-hydroxylation sites is 1. The van der Waals surface area contributed by atoms with E-state index < -0.39 is 0 Å². The standard InChI is InChI=1S/C24H30N6/c1-17(25)30(18(2)26)24-8-6-5-7-23(24)19-9-11-20(12-10-19)27-28-21-13-15-22(16-14-21)29(3)4/h5-18H,25-26H2,1-4H3/b28-27+. The molecule has 0 spiro atoms. The van der Waals surface area contributed by atoms with Crippen LogP contribution in [-0.4, -0.2) is 26.4 Å². The number of nitrogens with two attached hydrogens (primary N) is 2. The number of hydrogen-bond donors (Lipinski definition) is 2. The molecule has 0 bridgehead atoms. The Morgan fingerprint density at radius 2 is 1.20 bits per heavy atom. The van der Waals surface area contributed by atoms with Gasteiger partial charge in [0.05, 0.1) is 23.7 Å². The molecule has 0 fully saturated rings. The van der Waals surface area contributed by atoms with Gasteiger partial charge in [0.1, 0.15) is 0 Å². The number of rotatable bonds is 7. The zero-order valence-corrected chi connectivity index (χ0v) is 18.0. The van der Waals surface area contributed by atoms with Gasteiger partial charge in [-0.25, -0.2) is 0 Å². The maximum Gasteiger partial charge on any atom is 0.0858 e. The van der Waals surface area contributed by atoms with Gasteiger partial charge in [0.25, 0.3) is 0 Å². The molecule has 4 N–H and O–H groups in total. The van der Waals surface area contributed by atoms with Crippen molar-refractivity contribution in [1.82, 2.24) is 0 Å². The maximum atomic E-state index is 6.18.